The summed E-state index contributed by atoms with van der Waals surface area (Å²) in [6, 6.07) is 3.13. The van der Waals surface area contributed by atoms with E-state index in [4.69, 9.17) is 5.73 Å². The van der Waals surface area contributed by atoms with Gasteiger partial charge in [-0.1, -0.05) is 13.3 Å². The number of sulfonamides is 1. The van der Waals surface area contributed by atoms with Crippen LogP contribution in [0, 0.1) is 5.92 Å². The van der Waals surface area contributed by atoms with Crippen LogP contribution in [-0.4, -0.2) is 36.8 Å². The van der Waals surface area contributed by atoms with Crippen LogP contribution >= 0.6 is 0 Å². The van der Waals surface area contributed by atoms with Crippen LogP contribution in [0.4, 0.5) is 0 Å². The van der Waals surface area contributed by atoms with Gasteiger partial charge in [-0.2, -0.15) is 4.31 Å². The number of hydrogen-bond acceptors (Lipinski definition) is 4. The first-order valence-electron chi connectivity index (χ1n) is 6.71. The van der Waals surface area contributed by atoms with Crippen molar-refractivity contribution in [1.82, 2.24) is 9.29 Å². The zero-order valence-corrected chi connectivity index (χ0v) is 12.0. The average Bonchev–Trinajstić information content (AvgIpc) is 2.47. The van der Waals surface area contributed by atoms with Crippen molar-refractivity contribution in [2.75, 3.05) is 13.1 Å². The van der Waals surface area contributed by atoms with Gasteiger partial charge >= 0.3 is 0 Å². The maximum absolute atomic E-state index is 12.6. The lowest BCUT2D eigenvalue weighted by atomic mass is 9.90. The molecule has 0 saturated carbocycles. The van der Waals surface area contributed by atoms with Gasteiger partial charge in [0.05, 0.1) is 0 Å². The molecule has 2 N–H and O–H groups in total. The molecule has 0 radical (unpaired) electrons. The SMILES string of the molecule is CCC1CCN(S(=O)(=O)c2cccnc2)C(CN)C1. The zero-order chi connectivity index (χ0) is 13.9. The van der Waals surface area contributed by atoms with E-state index in [0.717, 1.165) is 19.3 Å². The highest BCUT2D eigenvalue weighted by Crippen LogP contribution is 2.29. The summed E-state index contributed by atoms with van der Waals surface area (Å²) in [5.41, 5.74) is 5.76. The molecule has 1 aliphatic rings. The number of pyridine rings is 1. The molecule has 1 aromatic heterocycles. The van der Waals surface area contributed by atoms with Gasteiger partial charge < -0.3 is 5.73 Å². The highest BCUT2D eigenvalue weighted by molar-refractivity contribution is 7.89. The molecule has 0 aromatic carbocycles. The first-order chi connectivity index (χ1) is 9.09. The normalized spacial score (nSPS) is 25.4. The number of piperidine rings is 1. The van der Waals surface area contributed by atoms with Gasteiger partial charge in [-0.3, -0.25) is 4.98 Å². The van der Waals surface area contributed by atoms with Gasteiger partial charge in [-0.25, -0.2) is 8.42 Å². The fourth-order valence-electron chi connectivity index (χ4n) is 2.65. The number of hydrogen-bond donors (Lipinski definition) is 1. The second-order valence-corrected chi connectivity index (χ2v) is 6.88. The summed E-state index contributed by atoms with van der Waals surface area (Å²) >= 11 is 0. The third-order valence-electron chi connectivity index (χ3n) is 3.86. The molecule has 0 bridgehead atoms. The Kier molecular flexibility index (Phi) is 4.54. The van der Waals surface area contributed by atoms with Crippen molar-refractivity contribution in [2.24, 2.45) is 11.7 Å². The molecular formula is C13H21N3O2S. The van der Waals surface area contributed by atoms with E-state index in [1.807, 2.05) is 0 Å². The first-order valence-corrected chi connectivity index (χ1v) is 8.15. The Labute approximate surface area is 114 Å². The van der Waals surface area contributed by atoms with Crippen LogP contribution in [0.3, 0.4) is 0 Å². The van der Waals surface area contributed by atoms with Gasteiger partial charge in [-0.15, -0.1) is 0 Å². The summed E-state index contributed by atoms with van der Waals surface area (Å²) in [7, 11) is -3.46. The highest BCUT2D eigenvalue weighted by atomic mass is 32.2. The molecule has 1 saturated heterocycles. The molecule has 106 valence electrons. The Hall–Kier alpha value is -0.980. The molecule has 2 heterocycles. The second-order valence-electron chi connectivity index (χ2n) is 4.99. The predicted octanol–water partition coefficient (Wildman–Crippen LogP) is 1.22. The molecule has 2 unspecified atom stereocenters. The number of aromatic nitrogens is 1. The zero-order valence-electron chi connectivity index (χ0n) is 11.2. The summed E-state index contributed by atoms with van der Waals surface area (Å²) in [4.78, 5) is 4.14. The molecular weight excluding hydrogens is 262 g/mol. The van der Waals surface area contributed by atoms with Crippen LogP contribution < -0.4 is 5.73 Å². The van der Waals surface area contributed by atoms with E-state index in [2.05, 4.69) is 11.9 Å². The predicted molar refractivity (Wildman–Crippen MR) is 74.0 cm³/mol. The molecule has 1 aromatic rings. The second kappa shape index (κ2) is 5.98. The standard InChI is InChI=1S/C13H21N3O2S/c1-2-11-5-7-16(12(8-11)9-14)19(17,18)13-4-3-6-15-10-13/h3-4,6,10-12H,2,5,7-9,14H2,1H3. The lowest BCUT2D eigenvalue weighted by Gasteiger charge is -2.37. The van der Waals surface area contributed by atoms with Crippen molar-refractivity contribution in [3.63, 3.8) is 0 Å². The maximum Gasteiger partial charge on any atom is 0.244 e. The minimum atomic E-state index is -3.46. The summed E-state index contributed by atoms with van der Waals surface area (Å²) < 4.78 is 26.7. The van der Waals surface area contributed by atoms with Gasteiger partial charge in [-0.05, 0) is 30.9 Å². The molecule has 0 spiro atoms. The summed E-state index contributed by atoms with van der Waals surface area (Å²) in [5, 5.41) is 0. The van der Waals surface area contributed by atoms with E-state index in [1.54, 1.807) is 22.6 Å². The fraction of sp³-hybridized carbons (Fsp3) is 0.615. The third kappa shape index (κ3) is 2.96. The van der Waals surface area contributed by atoms with Crippen LogP contribution in [0.5, 0.6) is 0 Å². The largest absolute Gasteiger partial charge is 0.329 e. The van der Waals surface area contributed by atoms with Crippen molar-refractivity contribution < 1.29 is 8.42 Å². The van der Waals surface area contributed by atoms with E-state index >= 15 is 0 Å². The quantitative estimate of drug-likeness (QED) is 0.901. The molecule has 19 heavy (non-hydrogen) atoms. The van der Waals surface area contributed by atoms with Gasteiger partial charge in [0.1, 0.15) is 4.90 Å². The Morgan fingerprint density at radius 2 is 2.32 bits per heavy atom. The topological polar surface area (TPSA) is 76.3 Å². The lowest BCUT2D eigenvalue weighted by Crippen LogP contribution is -2.49. The maximum atomic E-state index is 12.6. The van der Waals surface area contributed by atoms with Gasteiger partial charge in [0.2, 0.25) is 10.0 Å². The number of rotatable bonds is 4. The summed E-state index contributed by atoms with van der Waals surface area (Å²) in [6.07, 6.45) is 5.81. The minimum Gasteiger partial charge on any atom is -0.329 e. The van der Waals surface area contributed by atoms with E-state index in [9.17, 15) is 8.42 Å². The molecule has 2 atom stereocenters. The molecule has 0 aliphatic carbocycles. The highest BCUT2D eigenvalue weighted by Gasteiger charge is 2.35. The van der Waals surface area contributed by atoms with Crippen LogP contribution in [-0.2, 0) is 10.0 Å². The molecule has 5 nitrogen and oxygen atoms in total. The minimum absolute atomic E-state index is 0.0936. The first kappa shape index (κ1) is 14.4. The lowest BCUT2D eigenvalue weighted by molar-refractivity contribution is 0.197. The molecule has 1 aliphatic heterocycles. The Morgan fingerprint density at radius 3 is 2.89 bits per heavy atom. The smallest absolute Gasteiger partial charge is 0.244 e. The van der Waals surface area contributed by atoms with Crippen LogP contribution in [0.2, 0.25) is 0 Å². The van der Waals surface area contributed by atoms with Gasteiger partial charge in [0.25, 0.3) is 0 Å². The summed E-state index contributed by atoms with van der Waals surface area (Å²) in [5.74, 6) is 0.578. The average molecular weight is 283 g/mol. The van der Waals surface area contributed by atoms with Crippen molar-refractivity contribution >= 4 is 10.0 Å². The molecule has 1 fully saturated rings. The van der Waals surface area contributed by atoms with E-state index in [1.165, 1.54) is 6.20 Å². The fourth-order valence-corrected chi connectivity index (χ4v) is 4.27. The van der Waals surface area contributed by atoms with Crippen LogP contribution in [0.15, 0.2) is 29.4 Å². The van der Waals surface area contributed by atoms with E-state index in [-0.39, 0.29) is 10.9 Å². The van der Waals surface area contributed by atoms with Crippen LogP contribution in [0.25, 0.3) is 0 Å². The van der Waals surface area contributed by atoms with Crippen molar-refractivity contribution in [3.05, 3.63) is 24.5 Å². The number of nitrogens with two attached hydrogens (primary N) is 1. The van der Waals surface area contributed by atoms with E-state index < -0.39 is 10.0 Å². The van der Waals surface area contributed by atoms with Gasteiger partial charge in [0, 0.05) is 31.5 Å². The van der Waals surface area contributed by atoms with Crippen LogP contribution in [0.1, 0.15) is 26.2 Å². The van der Waals surface area contributed by atoms with Crippen molar-refractivity contribution in [2.45, 2.75) is 37.1 Å². The van der Waals surface area contributed by atoms with E-state index in [0.29, 0.717) is 19.0 Å². The Bertz CT molecular complexity index is 504. The third-order valence-corrected chi connectivity index (χ3v) is 5.80. The van der Waals surface area contributed by atoms with Crippen molar-refractivity contribution in [3.8, 4) is 0 Å². The van der Waals surface area contributed by atoms with Gasteiger partial charge in [0.15, 0.2) is 0 Å². The Morgan fingerprint density at radius 1 is 1.53 bits per heavy atom. The molecule has 2 rings (SSSR count). The number of nitrogens with zero attached hydrogens (tertiary/aromatic N) is 2. The monoisotopic (exact) mass is 283 g/mol. The molecule has 6 heteroatoms. The Balaban J connectivity index is 2.25. The summed E-state index contributed by atoms with van der Waals surface area (Å²) in [6.45, 7) is 3.07. The van der Waals surface area contributed by atoms with Crippen molar-refractivity contribution in [1.29, 1.82) is 0 Å². The molecule has 0 amide bonds.